The summed E-state index contributed by atoms with van der Waals surface area (Å²) >= 11 is 0. The van der Waals surface area contributed by atoms with Crippen LogP contribution < -0.4 is 10.1 Å². The number of carbonyl (C=O) groups excluding carboxylic acids is 1. The maximum absolute atomic E-state index is 11.9. The molecule has 116 valence electrons. The average molecular weight is 304 g/mol. The van der Waals surface area contributed by atoms with Crippen molar-refractivity contribution in [2.45, 2.75) is 19.8 Å². The average Bonchev–Trinajstić information content (AvgIpc) is 2.91. The number of oxazole rings is 1. The summed E-state index contributed by atoms with van der Waals surface area (Å²) in [5, 5.41) is 11.2. The highest BCUT2D eigenvalue weighted by Crippen LogP contribution is 2.17. The van der Waals surface area contributed by atoms with Gasteiger partial charge in [0.25, 0.3) is 5.91 Å². The van der Waals surface area contributed by atoms with E-state index in [4.69, 9.17) is 14.3 Å². The third kappa shape index (κ3) is 4.34. The monoisotopic (exact) mass is 304 g/mol. The standard InChI is InChI=1S/C15H16N2O5/c1-10-14(16-9-22-10)15(20)17-11-4-6-12(7-5-11)21-8-2-3-13(18)19/h4-7,9H,2-3,8H2,1H3,(H,17,20)(H,18,19). The number of aliphatic carboxylic acids is 1. The van der Waals surface area contributed by atoms with E-state index < -0.39 is 5.97 Å². The van der Waals surface area contributed by atoms with Crippen LogP contribution in [0.2, 0.25) is 0 Å². The number of hydrogen-bond acceptors (Lipinski definition) is 5. The number of amides is 1. The molecule has 2 N–H and O–H groups in total. The molecule has 2 aromatic rings. The van der Waals surface area contributed by atoms with Gasteiger partial charge >= 0.3 is 5.97 Å². The Morgan fingerprint density at radius 2 is 2.05 bits per heavy atom. The highest BCUT2D eigenvalue weighted by atomic mass is 16.5. The Morgan fingerprint density at radius 1 is 1.32 bits per heavy atom. The summed E-state index contributed by atoms with van der Waals surface area (Å²) in [6, 6.07) is 6.79. The predicted molar refractivity (Wildman–Crippen MR) is 78.0 cm³/mol. The van der Waals surface area contributed by atoms with Crippen molar-refractivity contribution in [1.29, 1.82) is 0 Å². The molecule has 2 rings (SSSR count). The summed E-state index contributed by atoms with van der Waals surface area (Å²) in [6.07, 6.45) is 1.74. The third-order valence-electron chi connectivity index (χ3n) is 2.88. The van der Waals surface area contributed by atoms with E-state index in [1.807, 2.05) is 0 Å². The molecule has 0 aliphatic carbocycles. The maximum atomic E-state index is 11.9. The Balaban J connectivity index is 1.85. The van der Waals surface area contributed by atoms with Gasteiger partial charge in [-0.05, 0) is 37.6 Å². The quantitative estimate of drug-likeness (QED) is 0.762. The number of nitrogens with one attached hydrogen (secondary N) is 1. The zero-order valence-electron chi connectivity index (χ0n) is 12.0. The lowest BCUT2D eigenvalue weighted by Crippen LogP contribution is -2.13. The zero-order chi connectivity index (χ0) is 15.9. The Morgan fingerprint density at radius 3 is 2.64 bits per heavy atom. The van der Waals surface area contributed by atoms with Crippen LogP contribution >= 0.6 is 0 Å². The summed E-state index contributed by atoms with van der Waals surface area (Å²) in [4.78, 5) is 26.1. The number of aryl methyl sites for hydroxylation is 1. The second-order valence-corrected chi connectivity index (χ2v) is 4.58. The molecule has 0 atom stereocenters. The molecule has 0 unspecified atom stereocenters. The SMILES string of the molecule is Cc1ocnc1C(=O)Nc1ccc(OCCCC(=O)O)cc1. The molecule has 1 heterocycles. The number of ether oxygens (including phenoxy) is 1. The van der Waals surface area contributed by atoms with E-state index in [2.05, 4.69) is 10.3 Å². The number of hydrogen-bond donors (Lipinski definition) is 2. The lowest BCUT2D eigenvalue weighted by atomic mass is 10.2. The van der Waals surface area contributed by atoms with Crippen molar-refractivity contribution in [3.63, 3.8) is 0 Å². The third-order valence-corrected chi connectivity index (χ3v) is 2.88. The van der Waals surface area contributed by atoms with Gasteiger partial charge in [-0.1, -0.05) is 0 Å². The summed E-state index contributed by atoms with van der Waals surface area (Å²) in [6.45, 7) is 1.99. The van der Waals surface area contributed by atoms with Crippen LogP contribution in [0.1, 0.15) is 29.1 Å². The topological polar surface area (TPSA) is 102 Å². The van der Waals surface area contributed by atoms with Gasteiger partial charge in [0.2, 0.25) is 0 Å². The van der Waals surface area contributed by atoms with E-state index in [1.165, 1.54) is 6.39 Å². The van der Waals surface area contributed by atoms with Gasteiger partial charge in [0.1, 0.15) is 11.5 Å². The second kappa shape index (κ2) is 7.26. The lowest BCUT2D eigenvalue weighted by Gasteiger charge is -2.07. The van der Waals surface area contributed by atoms with Gasteiger partial charge in [-0.15, -0.1) is 0 Å². The van der Waals surface area contributed by atoms with Crippen molar-refractivity contribution >= 4 is 17.6 Å². The van der Waals surface area contributed by atoms with Crippen LogP contribution in [0.15, 0.2) is 35.1 Å². The molecule has 0 aliphatic rings. The number of anilines is 1. The van der Waals surface area contributed by atoms with Crippen molar-refractivity contribution in [3.05, 3.63) is 42.1 Å². The first kappa shape index (κ1) is 15.6. The number of nitrogens with zero attached hydrogens (tertiary/aromatic N) is 1. The number of carboxylic acids is 1. The molecular formula is C15H16N2O5. The molecule has 0 bridgehead atoms. The molecule has 1 aromatic heterocycles. The zero-order valence-corrected chi connectivity index (χ0v) is 12.0. The van der Waals surface area contributed by atoms with Gasteiger partial charge in [-0.3, -0.25) is 9.59 Å². The van der Waals surface area contributed by atoms with Crippen LogP contribution in [0, 0.1) is 6.92 Å². The minimum Gasteiger partial charge on any atom is -0.494 e. The van der Waals surface area contributed by atoms with Crippen LogP contribution in [0.3, 0.4) is 0 Å². The number of aromatic nitrogens is 1. The maximum Gasteiger partial charge on any atom is 0.303 e. The normalized spacial score (nSPS) is 10.2. The van der Waals surface area contributed by atoms with Gasteiger partial charge in [-0.2, -0.15) is 0 Å². The van der Waals surface area contributed by atoms with E-state index >= 15 is 0 Å². The van der Waals surface area contributed by atoms with E-state index in [9.17, 15) is 9.59 Å². The molecule has 7 nitrogen and oxygen atoms in total. The van der Waals surface area contributed by atoms with E-state index in [-0.39, 0.29) is 18.0 Å². The first-order valence-corrected chi connectivity index (χ1v) is 6.72. The minimum atomic E-state index is -0.843. The first-order chi connectivity index (χ1) is 10.6. The molecule has 0 fully saturated rings. The van der Waals surface area contributed by atoms with Crippen molar-refractivity contribution in [2.24, 2.45) is 0 Å². The van der Waals surface area contributed by atoms with Gasteiger partial charge < -0.3 is 19.6 Å². The van der Waals surface area contributed by atoms with Crippen LogP contribution in [0.4, 0.5) is 5.69 Å². The molecule has 0 saturated carbocycles. The highest BCUT2D eigenvalue weighted by Gasteiger charge is 2.13. The van der Waals surface area contributed by atoms with Gasteiger partial charge in [-0.25, -0.2) is 4.98 Å². The van der Waals surface area contributed by atoms with Crippen LogP contribution in [0.25, 0.3) is 0 Å². The molecule has 7 heteroatoms. The van der Waals surface area contributed by atoms with Crippen molar-refractivity contribution in [1.82, 2.24) is 4.98 Å². The number of rotatable bonds is 7. The highest BCUT2D eigenvalue weighted by molar-refractivity contribution is 6.03. The predicted octanol–water partition coefficient (Wildman–Crippen LogP) is 2.48. The molecule has 1 aromatic carbocycles. The van der Waals surface area contributed by atoms with Crippen molar-refractivity contribution in [2.75, 3.05) is 11.9 Å². The molecule has 22 heavy (non-hydrogen) atoms. The molecular weight excluding hydrogens is 288 g/mol. The summed E-state index contributed by atoms with van der Waals surface area (Å²) in [7, 11) is 0. The molecule has 1 amide bonds. The molecule has 0 saturated heterocycles. The number of carbonyl (C=O) groups is 2. The van der Waals surface area contributed by atoms with E-state index in [0.717, 1.165) is 0 Å². The van der Waals surface area contributed by atoms with Gasteiger partial charge in [0, 0.05) is 12.1 Å². The largest absolute Gasteiger partial charge is 0.494 e. The van der Waals surface area contributed by atoms with Crippen molar-refractivity contribution in [3.8, 4) is 5.75 Å². The molecule has 0 aliphatic heterocycles. The van der Waals surface area contributed by atoms with E-state index in [1.54, 1.807) is 31.2 Å². The van der Waals surface area contributed by atoms with Crippen LogP contribution in [0.5, 0.6) is 5.75 Å². The summed E-state index contributed by atoms with van der Waals surface area (Å²) < 4.78 is 10.4. The second-order valence-electron chi connectivity index (χ2n) is 4.58. The fraction of sp³-hybridized carbons (Fsp3) is 0.267. The molecule has 0 radical (unpaired) electrons. The Kier molecular flexibility index (Phi) is 5.13. The first-order valence-electron chi connectivity index (χ1n) is 6.72. The van der Waals surface area contributed by atoms with Gasteiger partial charge in [0.05, 0.1) is 6.61 Å². The van der Waals surface area contributed by atoms with Crippen molar-refractivity contribution < 1.29 is 23.8 Å². The fourth-order valence-corrected chi connectivity index (χ4v) is 1.76. The Hall–Kier alpha value is -2.83. The number of benzene rings is 1. The Bertz CT molecular complexity index is 648. The number of carboxylic acid groups (broad SMARTS) is 1. The summed E-state index contributed by atoms with van der Waals surface area (Å²) in [5.41, 5.74) is 0.847. The fourth-order valence-electron chi connectivity index (χ4n) is 1.76. The smallest absolute Gasteiger partial charge is 0.303 e. The lowest BCUT2D eigenvalue weighted by molar-refractivity contribution is -0.137. The Labute approximate surface area is 126 Å². The van der Waals surface area contributed by atoms with E-state index in [0.29, 0.717) is 30.2 Å². The van der Waals surface area contributed by atoms with Crippen LogP contribution in [-0.2, 0) is 4.79 Å². The van der Waals surface area contributed by atoms with Gasteiger partial charge in [0.15, 0.2) is 12.1 Å². The van der Waals surface area contributed by atoms with Crippen LogP contribution in [-0.4, -0.2) is 28.6 Å². The summed E-state index contributed by atoms with van der Waals surface area (Å²) in [5.74, 6) is -0.122. The minimum absolute atomic E-state index is 0.0746. The molecule has 0 spiro atoms.